The number of rotatable bonds is 6. The van der Waals surface area contributed by atoms with Gasteiger partial charge < -0.3 is 10.1 Å². The average molecular weight is 373 g/mol. The molecule has 3 rings (SSSR count). The SMILES string of the molecule is CCOc1ccccc1-c1nc(CC(=O)Nc2ccccc2Cl)cs1. The monoisotopic (exact) mass is 372 g/mol. The van der Waals surface area contributed by atoms with Gasteiger partial charge in [-0.3, -0.25) is 4.79 Å². The van der Waals surface area contributed by atoms with Crippen molar-refractivity contribution in [2.45, 2.75) is 13.3 Å². The molecule has 0 aliphatic carbocycles. The van der Waals surface area contributed by atoms with E-state index in [2.05, 4.69) is 10.3 Å². The summed E-state index contributed by atoms with van der Waals surface area (Å²) in [5.41, 5.74) is 2.26. The second-order valence-corrected chi connectivity index (χ2v) is 6.54. The second kappa shape index (κ2) is 8.14. The Balaban J connectivity index is 1.72. The van der Waals surface area contributed by atoms with Crippen molar-refractivity contribution in [1.82, 2.24) is 4.98 Å². The number of thiazole rings is 1. The van der Waals surface area contributed by atoms with Crippen LogP contribution in [0.25, 0.3) is 10.6 Å². The fourth-order valence-corrected chi connectivity index (χ4v) is 3.39. The van der Waals surface area contributed by atoms with E-state index in [1.165, 1.54) is 11.3 Å². The summed E-state index contributed by atoms with van der Waals surface area (Å²) < 4.78 is 5.65. The van der Waals surface area contributed by atoms with E-state index < -0.39 is 0 Å². The van der Waals surface area contributed by atoms with Gasteiger partial charge in [0.2, 0.25) is 5.91 Å². The van der Waals surface area contributed by atoms with Crippen LogP contribution in [-0.2, 0) is 11.2 Å². The van der Waals surface area contributed by atoms with E-state index in [-0.39, 0.29) is 12.3 Å². The van der Waals surface area contributed by atoms with E-state index in [0.29, 0.717) is 17.3 Å². The van der Waals surface area contributed by atoms with Gasteiger partial charge in [-0.05, 0) is 31.2 Å². The van der Waals surface area contributed by atoms with Crippen molar-refractivity contribution in [1.29, 1.82) is 0 Å². The molecule has 4 nitrogen and oxygen atoms in total. The lowest BCUT2D eigenvalue weighted by atomic mass is 10.2. The maximum absolute atomic E-state index is 12.2. The zero-order valence-corrected chi connectivity index (χ0v) is 15.2. The lowest BCUT2D eigenvalue weighted by molar-refractivity contribution is -0.115. The lowest BCUT2D eigenvalue weighted by Gasteiger charge is -2.07. The molecule has 0 fully saturated rings. The molecule has 0 bridgehead atoms. The first kappa shape index (κ1) is 17.5. The van der Waals surface area contributed by atoms with E-state index in [1.807, 2.05) is 48.7 Å². The molecule has 1 aromatic heterocycles. The van der Waals surface area contributed by atoms with Gasteiger partial charge in [-0.2, -0.15) is 0 Å². The first-order valence-corrected chi connectivity index (χ1v) is 9.14. The molecule has 0 saturated heterocycles. The van der Waals surface area contributed by atoms with Gasteiger partial charge in [-0.25, -0.2) is 4.98 Å². The number of carbonyl (C=O) groups is 1. The molecule has 0 aliphatic rings. The summed E-state index contributed by atoms with van der Waals surface area (Å²) in [6.07, 6.45) is 0.193. The topological polar surface area (TPSA) is 51.2 Å². The predicted octanol–water partition coefficient (Wildman–Crippen LogP) is 5.04. The molecule has 6 heteroatoms. The Kier molecular flexibility index (Phi) is 5.68. The largest absolute Gasteiger partial charge is 0.493 e. The quantitative estimate of drug-likeness (QED) is 0.659. The molecule has 0 saturated carbocycles. The van der Waals surface area contributed by atoms with Crippen LogP contribution in [0.1, 0.15) is 12.6 Å². The highest BCUT2D eigenvalue weighted by Crippen LogP contribution is 2.32. The summed E-state index contributed by atoms with van der Waals surface area (Å²) in [6, 6.07) is 14.9. The second-order valence-electron chi connectivity index (χ2n) is 5.28. The molecule has 2 aromatic carbocycles. The van der Waals surface area contributed by atoms with Crippen LogP contribution >= 0.6 is 22.9 Å². The Bertz CT molecular complexity index is 879. The zero-order valence-electron chi connectivity index (χ0n) is 13.7. The van der Waals surface area contributed by atoms with Crippen molar-refractivity contribution in [3.8, 4) is 16.3 Å². The molecule has 0 atom stereocenters. The number of para-hydroxylation sites is 2. The number of nitrogens with one attached hydrogen (secondary N) is 1. The van der Waals surface area contributed by atoms with Crippen molar-refractivity contribution in [2.24, 2.45) is 0 Å². The van der Waals surface area contributed by atoms with Gasteiger partial charge in [0, 0.05) is 5.38 Å². The zero-order chi connectivity index (χ0) is 17.6. The van der Waals surface area contributed by atoms with Gasteiger partial charge in [0.1, 0.15) is 10.8 Å². The highest BCUT2D eigenvalue weighted by Gasteiger charge is 2.13. The molecule has 25 heavy (non-hydrogen) atoms. The van der Waals surface area contributed by atoms with Crippen LogP contribution in [0.2, 0.25) is 5.02 Å². The van der Waals surface area contributed by atoms with Gasteiger partial charge >= 0.3 is 0 Å². The summed E-state index contributed by atoms with van der Waals surface area (Å²) in [4.78, 5) is 16.8. The van der Waals surface area contributed by atoms with Gasteiger partial charge in [0.15, 0.2) is 0 Å². The number of halogens is 1. The third-order valence-electron chi connectivity index (χ3n) is 3.46. The third-order valence-corrected chi connectivity index (χ3v) is 4.71. The third kappa shape index (κ3) is 4.38. The predicted molar refractivity (Wildman–Crippen MR) is 103 cm³/mol. The number of nitrogens with zero attached hydrogens (tertiary/aromatic N) is 1. The van der Waals surface area contributed by atoms with Crippen molar-refractivity contribution in [3.63, 3.8) is 0 Å². The Morgan fingerprint density at radius 2 is 1.96 bits per heavy atom. The normalized spacial score (nSPS) is 10.5. The molecule has 0 radical (unpaired) electrons. The maximum Gasteiger partial charge on any atom is 0.230 e. The van der Waals surface area contributed by atoms with Gasteiger partial charge in [0.25, 0.3) is 0 Å². The van der Waals surface area contributed by atoms with Gasteiger partial charge in [0.05, 0.1) is 35.0 Å². The Morgan fingerprint density at radius 1 is 1.20 bits per heavy atom. The fraction of sp³-hybridized carbons (Fsp3) is 0.158. The van der Waals surface area contributed by atoms with Crippen molar-refractivity contribution >= 4 is 34.5 Å². The number of carbonyl (C=O) groups excluding carboxylic acids is 1. The summed E-state index contributed by atoms with van der Waals surface area (Å²) in [7, 11) is 0. The van der Waals surface area contributed by atoms with Gasteiger partial charge in [-0.1, -0.05) is 35.9 Å². The van der Waals surface area contributed by atoms with Crippen LogP contribution in [-0.4, -0.2) is 17.5 Å². The first-order valence-electron chi connectivity index (χ1n) is 7.88. The molecule has 0 spiro atoms. The molecular weight excluding hydrogens is 356 g/mol. The van der Waals surface area contributed by atoms with Crippen LogP contribution in [0.3, 0.4) is 0 Å². The molecule has 1 N–H and O–H groups in total. The highest BCUT2D eigenvalue weighted by atomic mass is 35.5. The summed E-state index contributed by atoms with van der Waals surface area (Å²) in [5, 5.41) is 6.05. The van der Waals surface area contributed by atoms with E-state index in [0.717, 1.165) is 22.0 Å². The summed E-state index contributed by atoms with van der Waals surface area (Å²) >= 11 is 7.56. The number of hydrogen-bond acceptors (Lipinski definition) is 4. The lowest BCUT2D eigenvalue weighted by Crippen LogP contribution is -2.14. The Hall–Kier alpha value is -2.37. The van der Waals surface area contributed by atoms with Crippen LogP contribution in [0.4, 0.5) is 5.69 Å². The molecule has 0 unspecified atom stereocenters. The van der Waals surface area contributed by atoms with E-state index in [4.69, 9.17) is 16.3 Å². The highest BCUT2D eigenvalue weighted by molar-refractivity contribution is 7.13. The van der Waals surface area contributed by atoms with Gasteiger partial charge in [-0.15, -0.1) is 11.3 Å². The molecule has 1 amide bonds. The smallest absolute Gasteiger partial charge is 0.230 e. The average Bonchev–Trinajstić information content (AvgIpc) is 3.06. The minimum absolute atomic E-state index is 0.150. The Labute approximate surface area is 155 Å². The minimum atomic E-state index is -0.150. The summed E-state index contributed by atoms with van der Waals surface area (Å²) in [6.45, 7) is 2.54. The van der Waals surface area contributed by atoms with Crippen LogP contribution in [0.5, 0.6) is 5.75 Å². The Morgan fingerprint density at radius 3 is 2.76 bits per heavy atom. The number of ether oxygens (including phenoxy) is 1. The fourth-order valence-electron chi connectivity index (χ4n) is 2.36. The number of aromatic nitrogens is 1. The number of amides is 1. The maximum atomic E-state index is 12.2. The van der Waals surface area contributed by atoms with Crippen molar-refractivity contribution < 1.29 is 9.53 Å². The molecule has 128 valence electrons. The molecule has 0 aliphatic heterocycles. The van der Waals surface area contributed by atoms with E-state index in [1.54, 1.807) is 12.1 Å². The standard InChI is InChI=1S/C19H17ClN2O2S/c1-2-24-17-10-6-3-7-14(17)19-21-13(12-25-19)11-18(23)22-16-9-5-4-8-15(16)20/h3-10,12H,2,11H2,1H3,(H,22,23). The number of benzene rings is 2. The van der Waals surface area contributed by atoms with Crippen LogP contribution in [0.15, 0.2) is 53.9 Å². The first-order chi connectivity index (χ1) is 12.2. The number of anilines is 1. The molecule has 3 aromatic rings. The van der Waals surface area contributed by atoms with E-state index in [9.17, 15) is 4.79 Å². The molecule has 1 heterocycles. The van der Waals surface area contributed by atoms with Crippen molar-refractivity contribution in [2.75, 3.05) is 11.9 Å². The van der Waals surface area contributed by atoms with Crippen LogP contribution < -0.4 is 10.1 Å². The molecular formula is C19H17ClN2O2S. The minimum Gasteiger partial charge on any atom is -0.493 e. The van der Waals surface area contributed by atoms with Crippen LogP contribution in [0, 0.1) is 0 Å². The van der Waals surface area contributed by atoms with Crippen molar-refractivity contribution in [3.05, 3.63) is 64.6 Å². The summed E-state index contributed by atoms with van der Waals surface area (Å²) in [5.74, 6) is 0.648. The number of hydrogen-bond donors (Lipinski definition) is 1. The van der Waals surface area contributed by atoms with E-state index >= 15 is 0 Å².